The smallest absolute Gasteiger partial charge is 0.0195 e. The normalized spacial score (nSPS) is 13.8. The van der Waals surface area contributed by atoms with Gasteiger partial charge in [0.1, 0.15) is 0 Å². The fourth-order valence-electron chi connectivity index (χ4n) is 2.03. The van der Waals surface area contributed by atoms with Gasteiger partial charge in [0.05, 0.1) is 0 Å². The molecule has 0 aliphatic heterocycles. The number of hydrogen-bond donors (Lipinski definition) is 0. The molecular weight excluding hydrogens is 180 g/mol. The van der Waals surface area contributed by atoms with Crippen molar-refractivity contribution in [3.8, 4) is 0 Å². The Morgan fingerprint density at radius 1 is 0.933 bits per heavy atom. The minimum atomic E-state index is 0. The highest BCUT2D eigenvalue weighted by molar-refractivity contribution is 5.71. The summed E-state index contributed by atoms with van der Waals surface area (Å²) in [5.74, 6) is 0. The zero-order chi connectivity index (χ0) is 9.42. The van der Waals surface area contributed by atoms with E-state index in [2.05, 4.69) is 39.0 Å². The van der Waals surface area contributed by atoms with Crippen molar-refractivity contribution in [3.05, 3.63) is 40.5 Å². The molecule has 0 radical (unpaired) electrons. The van der Waals surface area contributed by atoms with E-state index < -0.39 is 0 Å². The molecule has 84 valence electrons. The SMILES string of the molecule is C.C.CC1=C(C)c2ccc(C)cc2CC1. The average molecular weight is 204 g/mol. The van der Waals surface area contributed by atoms with E-state index in [9.17, 15) is 0 Å². The van der Waals surface area contributed by atoms with Gasteiger partial charge in [-0.15, -0.1) is 0 Å². The van der Waals surface area contributed by atoms with Crippen molar-refractivity contribution in [1.82, 2.24) is 0 Å². The lowest BCUT2D eigenvalue weighted by Gasteiger charge is -2.19. The maximum absolute atomic E-state index is 2.32. The van der Waals surface area contributed by atoms with Gasteiger partial charge in [0, 0.05) is 0 Å². The molecule has 1 aliphatic rings. The molecule has 15 heavy (non-hydrogen) atoms. The molecule has 2 rings (SSSR count). The quantitative estimate of drug-likeness (QED) is 0.557. The summed E-state index contributed by atoms with van der Waals surface area (Å²) in [6, 6.07) is 6.80. The molecule has 0 fully saturated rings. The molecule has 1 aromatic carbocycles. The topological polar surface area (TPSA) is 0 Å². The molecule has 0 spiro atoms. The summed E-state index contributed by atoms with van der Waals surface area (Å²) in [6.45, 7) is 6.65. The van der Waals surface area contributed by atoms with Crippen LogP contribution in [0.15, 0.2) is 23.8 Å². The Balaban J connectivity index is 0.000000980. The lowest BCUT2D eigenvalue weighted by Crippen LogP contribution is -2.01. The molecular formula is C15H24. The molecule has 0 nitrogen and oxygen atoms in total. The van der Waals surface area contributed by atoms with E-state index in [0.29, 0.717) is 0 Å². The second kappa shape index (κ2) is 5.16. The van der Waals surface area contributed by atoms with Crippen molar-refractivity contribution in [1.29, 1.82) is 0 Å². The van der Waals surface area contributed by atoms with Crippen LogP contribution in [0.4, 0.5) is 0 Å². The van der Waals surface area contributed by atoms with Gasteiger partial charge in [-0.1, -0.05) is 44.2 Å². The fraction of sp³-hybridized carbons (Fsp3) is 0.467. The minimum absolute atomic E-state index is 0. The van der Waals surface area contributed by atoms with Gasteiger partial charge in [-0.3, -0.25) is 0 Å². The molecule has 0 bridgehead atoms. The summed E-state index contributed by atoms with van der Waals surface area (Å²) in [6.07, 6.45) is 2.46. The van der Waals surface area contributed by atoms with Crippen LogP contribution < -0.4 is 0 Å². The highest BCUT2D eigenvalue weighted by Gasteiger charge is 2.12. The maximum atomic E-state index is 2.32. The Morgan fingerprint density at radius 2 is 1.60 bits per heavy atom. The van der Waals surface area contributed by atoms with E-state index >= 15 is 0 Å². The number of allylic oxidation sites excluding steroid dienone is 2. The van der Waals surface area contributed by atoms with Crippen molar-refractivity contribution >= 4 is 5.57 Å². The van der Waals surface area contributed by atoms with Gasteiger partial charge >= 0.3 is 0 Å². The third-order valence-corrected chi connectivity index (χ3v) is 3.07. The molecule has 0 atom stereocenters. The standard InChI is InChI=1S/C13H16.2CH4/c1-9-4-7-13-11(3)10(2)5-6-12(13)8-9;;/h4,7-8H,5-6H2,1-3H3;2*1H4. The van der Waals surface area contributed by atoms with Crippen LogP contribution in [0.1, 0.15) is 51.8 Å². The molecule has 0 saturated heterocycles. The molecule has 1 aliphatic carbocycles. The Labute approximate surface area is 95.0 Å². The zero-order valence-corrected chi connectivity index (χ0v) is 8.65. The first-order valence-electron chi connectivity index (χ1n) is 4.95. The Kier molecular flexibility index (Phi) is 4.80. The van der Waals surface area contributed by atoms with Crippen molar-refractivity contribution in [3.63, 3.8) is 0 Å². The fourth-order valence-corrected chi connectivity index (χ4v) is 2.03. The van der Waals surface area contributed by atoms with E-state index in [4.69, 9.17) is 0 Å². The van der Waals surface area contributed by atoms with Crippen LogP contribution in [0, 0.1) is 6.92 Å². The third kappa shape index (κ3) is 2.50. The zero-order valence-electron chi connectivity index (χ0n) is 8.65. The van der Waals surface area contributed by atoms with Gasteiger partial charge in [-0.2, -0.15) is 0 Å². The first kappa shape index (κ1) is 14.0. The Hall–Kier alpha value is -1.04. The van der Waals surface area contributed by atoms with Crippen LogP contribution in [0.5, 0.6) is 0 Å². The van der Waals surface area contributed by atoms with Crippen LogP contribution in [-0.2, 0) is 6.42 Å². The number of rotatable bonds is 0. The monoisotopic (exact) mass is 204 g/mol. The average Bonchev–Trinajstić information content (AvgIpc) is 2.12. The second-order valence-electron chi connectivity index (χ2n) is 4.07. The lowest BCUT2D eigenvalue weighted by atomic mass is 9.86. The first-order chi connectivity index (χ1) is 6.18. The van der Waals surface area contributed by atoms with Crippen LogP contribution in [0.3, 0.4) is 0 Å². The third-order valence-electron chi connectivity index (χ3n) is 3.07. The molecule has 0 unspecified atom stereocenters. The number of hydrogen-bond acceptors (Lipinski definition) is 0. The van der Waals surface area contributed by atoms with Gasteiger partial charge in [-0.05, 0) is 50.3 Å². The number of fused-ring (bicyclic) bond motifs is 1. The van der Waals surface area contributed by atoms with Crippen LogP contribution in [0.25, 0.3) is 5.57 Å². The molecule has 1 aromatic rings. The van der Waals surface area contributed by atoms with E-state index in [1.165, 1.54) is 35.1 Å². The number of benzene rings is 1. The largest absolute Gasteiger partial charge is 0.0776 e. The Bertz CT molecular complexity index is 370. The van der Waals surface area contributed by atoms with Gasteiger partial charge in [0.25, 0.3) is 0 Å². The minimum Gasteiger partial charge on any atom is -0.0776 e. The summed E-state index contributed by atoms with van der Waals surface area (Å²) in [7, 11) is 0. The highest BCUT2D eigenvalue weighted by Crippen LogP contribution is 2.30. The molecule has 0 amide bonds. The van der Waals surface area contributed by atoms with Gasteiger partial charge in [0.15, 0.2) is 0 Å². The van der Waals surface area contributed by atoms with Crippen LogP contribution >= 0.6 is 0 Å². The van der Waals surface area contributed by atoms with Crippen molar-refractivity contribution in [2.24, 2.45) is 0 Å². The number of aryl methyl sites for hydroxylation is 2. The molecule has 0 N–H and O–H groups in total. The summed E-state index contributed by atoms with van der Waals surface area (Å²) in [5, 5.41) is 0. The molecule has 0 heterocycles. The van der Waals surface area contributed by atoms with Crippen molar-refractivity contribution < 1.29 is 0 Å². The summed E-state index contributed by atoms with van der Waals surface area (Å²) in [4.78, 5) is 0. The lowest BCUT2D eigenvalue weighted by molar-refractivity contribution is 0.913. The van der Waals surface area contributed by atoms with Crippen molar-refractivity contribution in [2.45, 2.75) is 48.5 Å². The Morgan fingerprint density at radius 3 is 2.27 bits per heavy atom. The predicted molar refractivity (Wildman–Crippen MR) is 71.2 cm³/mol. The summed E-state index contributed by atoms with van der Waals surface area (Å²) in [5.41, 5.74) is 7.42. The van der Waals surface area contributed by atoms with Gasteiger partial charge in [0.2, 0.25) is 0 Å². The van der Waals surface area contributed by atoms with Crippen molar-refractivity contribution in [2.75, 3.05) is 0 Å². The molecule has 0 saturated carbocycles. The summed E-state index contributed by atoms with van der Waals surface area (Å²) >= 11 is 0. The first-order valence-corrected chi connectivity index (χ1v) is 4.95. The molecule has 0 heteroatoms. The summed E-state index contributed by atoms with van der Waals surface area (Å²) < 4.78 is 0. The van der Waals surface area contributed by atoms with Gasteiger partial charge in [-0.25, -0.2) is 0 Å². The van der Waals surface area contributed by atoms with Gasteiger partial charge < -0.3 is 0 Å². The predicted octanol–water partition coefficient (Wildman–Crippen LogP) is 5.01. The van der Waals surface area contributed by atoms with Crippen LogP contribution in [0.2, 0.25) is 0 Å². The highest BCUT2D eigenvalue weighted by atomic mass is 14.2. The van der Waals surface area contributed by atoms with Crippen LogP contribution in [-0.4, -0.2) is 0 Å². The van der Waals surface area contributed by atoms with E-state index in [1.54, 1.807) is 5.57 Å². The van der Waals surface area contributed by atoms with E-state index in [-0.39, 0.29) is 14.9 Å². The van der Waals surface area contributed by atoms with E-state index in [1.807, 2.05) is 0 Å². The maximum Gasteiger partial charge on any atom is -0.0195 e. The van der Waals surface area contributed by atoms with E-state index in [0.717, 1.165) is 0 Å². The second-order valence-corrected chi connectivity index (χ2v) is 4.07. The molecule has 0 aromatic heterocycles.